The lowest BCUT2D eigenvalue weighted by Gasteiger charge is -2.20. The summed E-state index contributed by atoms with van der Waals surface area (Å²) in [7, 11) is 0. The maximum absolute atomic E-state index is 6.05. The van der Waals surface area contributed by atoms with Crippen LogP contribution in [0.25, 0.3) is 0 Å². The molecule has 5 nitrogen and oxygen atoms in total. The van der Waals surface area contributed by atoms with Crippen molar-refractivity contribution in [1.29, 1.82) is 0 Å². The van der Waals surface area contributed by atoms with Gasteiger partial charge in [0.25, 0.3) is 0 Å². The molecule has 0 atom stereocenters. The van der Waals surface area contributed by atoms with E-state index in [0.717, 1.165) is 12.2 Å². The number of hydrazine groups is 1. The monoisotopic (exact) mass is 270 g/mol. The molecule has 1 aromatic heterocycles. The smallest absolute Gasteiger partial charge is 0.219 e. The Balaban J connectivity index is 1.73. The molecule has 2 aromatic rings. The van der Waals surface area contributed by atoms with Crippen LogP contribution in [0.4, 0.5) is 11.4 Å². The van der Waals surface area contributed by atoms with Crippen LogP contribution in [0.5, 0.6) is 11.6 Å². The summed E-state index contributed by atoms with van der Waals surface area (Å²) in [5, 5.41) is 1.72. The molecule has 0 saturated heterocycles. The Morgan fingerprint density at radius 1 is 1.25 bits per heavy atom. The van der Waals surface area contributed by atoms with Gasteiger partial charge >= 0.3 is 0 Å². The van der Waals surface area contributed by atoms with Gasteiger partial charge in [-0.05, 0) is 37.0 Å². The first kappa shape index (κ1) is 12.7. The van der Waals surface area contributed by atoms with E-state index < -0.39 is 0 Å². The second-order valence-electron chi connectivity index (χ2n) is 5.09. The minimum Gasteiger partial charge on any atom is -0.439 e. The number of ether oxygens (including phenoxy) is 1. The van der Waals surface area contributed by atoms with E-state index in [2.05, 4.69) is 4.98 Å². The van der Waals surface area contributed by atoms with Crippen molar-refractivity contribution in [3.63, 3.8) is 0 Å². The minimum atomic E-state index is 0.544. The first-order valence-corrected chi connectivity index (χ1v) is 6.73. The zero-order chi connectivity index (χ0) is 13.9. The number of nitrogens with zero attached hydrogens (tertiary/aromatic N) is 2. The molecule has 0 amide bonds. The van der Waals surface area contributed by atoms with Crippen LogP contribution in [0.15, 0.2) is 42.6 Å². The third-order valence-electron chi connectivity index (χ3n) is 3.32. The van der Waals surface area contributed by atoms with E-state index in [1.807, 2.05) is 24.3 Å². The van der Waals surface area contributed by atoms with Gasteiger partial charge in [-0.15, -0.1) is 0 Å². The van der Waals surface area contributed by atoms with Crippen LogP contribution in [-0.4, -0.2) is 11.5 Å². The van der Waals surface area contributed by atoms with E-state index in [-0.39, 0.29) is 0 Å². The fraction of sp³-hybridized carbons (Fsp3) is 0.267. The van der Waals surface area contributed by atoms with Crippen molar-refractivity contribution in [1.82, 2.24) is 4.98 Å². The third-order valence-corrected chi connectivity index (χ3v) is 3.32. The molecule has 104 valence electrons. The highest BCUT2D eigenvalue weighted by molar-refractivity contribution is 5.69. The number of rotatable bonds is 5. The van der Waals surface area contributed by atoms with Gasteiger partial charge in [-0.25, -0.2) is 10.8 Å². The second-order valence-corrected chi connectivity index (χ2v) is 5.09. The maximum Gasteiger partial charge on any atom is 0.219 e. The minimum absolute atomic E-state index is 0.544. The molecule has 3 rings (SSSR count). The molecule has 0 bridgehead atoms. The van der Waals surface area contributed by atoms with Crippen molar-refractivity contribution in [2.45, 2.75) is 12.8 Å². The van der Waals surface area contributed by atoms with Crippen LogP contribution in [0.1, 0.15) is 12.8 Å². The van der Waals surface area contributed by atoms with Crippen LogP contribution >= 0.6 is 0 Å². The topological polar surface area (TPSA) is 77.4 Å². The second kappa shape index (κ2) is 5.38. The van der Waals surface area contributed by atoms with Crippen LogP contribution in [0.3, 0.4) is 0 Å². The summed E-state index contributed by atoms with van der Waals surface area (Å²) in [6, 6.07) is 11.0. The summed E-state index contributed by atoms with van der Waals surface area (Å²) in [5.41, 5.74) is 7.50. The van der Waals surface area contributed by atoms with Gasteiger partial charge in [0.2, 0.25) is 5.88 Å². The van der Waals surface area contributed by atoms with Gasteiger partial charge in [-0.2, -0.15) is 0 Å². The van der Waals surface area contributed by atoms with Crippen LogP contribution in [-0.2, 0) is 0 Å². The Hall–Kier alpha value is -2.27. The van der Waals surface area contributed by atoms with Gasteiger partial charge in [0, 0.05) is 24.9 Å². The summed E-state index contributed by atoms with van der Waals surface area (Å²) in [5.74, 6) is 7.95. The molecule has 1 aliphatic carbocycles. The van der Waals surface area contributed by atoms with E-state index in [1.165, 1.54) is 12.8 Å². The van der Waals surface area contributed by atoms with Gasteiger partial charge in [-0.1, -0.05) is 6.07 Å². The fourth-order valence-electron chi connectivity index (χ4n) is 2.06. The van der Waals surface area contributed by atoms with Crippen molar-refractivity contribution < 1.29 is 4.74 Å². The van der Waals surface area contributed by atoms with Crippen molar-refractivity contribution in [3.05, 3.63) is 42.6 Å². The molecular weight excluding hydrogens is 252 g/mol. The first-order chi connectivity index (χ1) is 9.72. The molecule has 0 radical (unpaired) electrons. The average Bonchev–Trinajstić information content (AvgIpc) is 3.24. The SMILES string of the molecule is Nc1cc(Oc2ccccn2)ccc1N(N)CC1CC1. The van der Waals surface area contributed by atoms with Gasteiger partial charge in [0.05, 0.1) is 11.4 Å². The summed E-state index contributed by atoms with van der Waals surface area (Å²) in [4.78, 5) is 4.11. The molecule has 1 saturated carbocycles. The predicted molar refractivity (Wildman–Crippen MR) is 79.4 cm³/mol. The van der Waals surface area contributed by atoms with Gasteiger partial charge < -0.3 is 15.5 Å². The third kappa shape index (κ3) is 3.00. The predicted octanol–water partition coefficient (Wildman–Crippen LogP) is 2.55. The van der Waals surface area contributed by atoms with Gasteiger partial charge in [-0.3, -0.25) is 0 Å². The highest BCUT2D eigenvalue weighted by Crippen LogP contribution is 2.33. The highest BCUT2D eigenvalue weighted by atomic mass is 16.5. The van der Waals surface area contributed by atoms with Crippen LogP contribution < -0.4 is 21.3 Å². The number of benzene rings is 1. The molecule has 1 aromatic carbocycles. The van der Waals surface area contributed by atoms with E-state index >= 15 is 0 Å². The number of nitrogen functional groups attached to an aromatic ring is 1. The molecule has 1 heterocycles. The van der Waals surface area contributed by atoms with E-state index in [4.69, 9.17) is 16.3 Å². The molecule has 1 aliphatic rings. The Kier molecular flexibility index (Phi) is 3.43. The Morgan fingerprint density at radius 3 is 2.75 bits per heavy atom. The standard InChI is InChI=1S/C15H18N4O/c16-13-9-12(20-15-3-1-2-8-18-15)6-7-14(13)19(17)10-11-4-5-11/h1-3,6-9,11H,4-5,10,16-17H2. The van der Waals surface area contributed by atoms with Crippen molar-refractivity contribution in [3.8, 4) is 11.6 Å². The lowest BCUT2D eigenvalue weighted by atomic mass is 10.2. The van der Waals surface area contributed by atoms with Gasteiger partial charge in [0.1, 0.15) is 5.75 Å². The Morgan fingerprint density at radius 2 is 2.10 bits per heavy atom. The summed E-state index contributed by atoms with van der Waals surface area (Å²) in [6.45, 7) is 0.852. The Bertz CT molecular complexity index is 584. The number of aromatic nitrogens is 1. The molecule has 4 N–H and O–H groups in total. The zero-order valence-electron chi connectivity index (χ0n) is 11.2. The molecule has 0 aliphatic heterocycles. The van der Waals surface area contributed by atoms with Crippen molar-refractivity contribution in [2.75, 3.05) is 17.3 Å². The average molecular weight is 270 g/mol. The molecule has 5 heteroatoms. The summed E-state index contributed by atoms with van der Waals surface area (Å²) < 4.78 is 5.64. The fourth-order valence-corrected chi connectivity index (χ4v) is 2.06. The zero-order valence-corrected chi connectivity index (χ0v) is 11.2. The summed E-state index contributed by atoms with van der Waals surface area (Å²) >= 11 is 0. The number of hydrogen-bond acceptors (Lipinski definition) is 5. The maximum atomic E-state index is 6.05. The normalized spacial score (nSPS) is 14.1. The number of pyridine rings is 1. The molecular formula is C15H18N4O. The highest BCUT2D eigenvalue weighted by Gasteiger charge is 2.24. The summed E-state index contributed by atoms with van der Waals surface area (Å²) in [6.07, 6.45) is 4.20. The largest absolute Gasteiger partial charge is 0.439 e. The Labute approximate surface area is 118 Å². The molecule has 0 spiro atoms. The quantitative estimate of drug-likeness (QED) is 0.496. The number of nitrogens with two attached hydrogens (primary N) is 2. The van der Waals surface area contributed by atoms with Crippen LogP contribution in [0.2, 0.25) is 0 Å². The lowest BCUT2D eigenvalue weighted by molar-refractivity contribution is 0.463. The molecule has 0 unspecified atom stereocenters. The molecule has 20 heavy (non-hydrogen) atoms. The first-order valence-electron chi connectivity index (χ1n) is 6.73. The van der Waals surface area contributed by atoms with Crippen molar-refractivity contribution >= 4 is 11.4 Å². The van der Waals surface area contributed by atoms with Crippen LogP contribution in [0, 0.1) is 5.92 Å². The van der Waals surface area contributed by atoms with E-state index in [0.29, 0.717) is 23.2 Å². The van der Waals surface area contributed by atoms with E-state index in [9.17, 15) is 0 Å². The number of anilines is 2. The van der Waals surface area contributed by atoms with Gasteiger partial charge in [0.15, 0.2) is 0 Å². The number of hydrogen-bond donors (Lipinski definition) is 2. The van der Waals surface area contributed by atoms with E-state index in [1.54, 1.807) is 23.3 Å². The molecule has 1 fully saturated rings. The van der Waals surface area contributed by atoms with Crippen molar-refractivity contribution in [2.24, 2.45) is 11.8 Å². The lowest BCUT2D eigenvalue weighted by Crippen LogP contribution is -2.33.